The molecule has 0 unspecified atom stereocenters. The highest BCUT2D eigenvalue weighted by atomic mass is 19.3. The fourth-order valence-electron chi connectivity index (χ4n) is 3.65. The van der Waals surface area contributed by atoms with Crippen molar-refractivity contribution in [3.05, 3.63) is 66.1 Å². The summed E-state index contributed by atoms with van der Waals surface area (Å²) in [5, 5.41) is 9.34. The standard InChI is InChI=1S/C23H25F2N5O3/c1-15(29-23(31)17-11-27-28-12-17)16-2-4-19(5-3-16)33-20-7-9-30(13-20)18-6-8-26-22(10-18)32-14-21(24)25/h2-6,8,10-12,15,20-21H,7,9,13-14H2,1H3,(H,27,28)(H,29,31)/t15-,20+/m0/s1. The van der Waals surface area contributed by atoms with Gasteiger partial charge < -0.3 is 19.7 Å². The quantitative estimate of drug-likeness (QED) is 0.510. The smallest absolute Gasteiger partial charge is 0.272 e. The number of alkyl halides is 2. The number of nitrogens with one attached hydrogen (secondary N) is 2. The zero-order chi connectivity index (χ0) is 23.2. The van der Waals surface area contributed by atoms with Crippen LogP contribution in [0.25, 0.3) is 0 Å². The van der Waals surface area contributed by atoms with E-state index < -0.39 is 13.0 Å². The molecule has 0 radical (unpaired) electrons. The molecule has 1 amide bonds. The Labute approximate surface area is 189 Å². The van der Waals surface area contributed by atoms with Crippen molar-refractivity contribution in [1.29, 1.82) is 0 Å². The number of halogens is 2. The first-order valence-corrected chi connectivity index (χ1v) is 10.7. The fourth-order valence-corrected chi connectivity index (χ4v) is 3.65. The van der Waals surface area contributed by atoms with Crippen LogP contribution in [0.15, 0.2) is 55.0 Å². The van der Waals surface area contributed by atoms with Gasteiger partial charge in [-0.15, -0.1) is 0 Å². The summed E-state index contributed by atoms with van der Waals surface area (Å²) in [6.07, 6.45) is 2.86. The van der Waals surface area contributed by atoms with Gasteiger partial charge in [0.25, 0.3) is 12.3 Å². The third kappa shape index (κ3) is 5.97. The Kier molecular flexibility index (Phi) is 7.01. The Hall–Kier alpha value is -3.69. The Morgan fingerprint density at radius 1 is 1.30 bits per heavy atom. The second-order valence-corrected chi connectivity index (χ2v) is 7.78. The van der Waals surface area contributed by atoms with E-state index in [2.05, 4.69) is 25.4 Å². The van der Waals surface area contributed by atoms with Gasteiger partial charge in [-0.3, -0.25) is 9.89 Å². The molecule has 0 spiro atoms. The summed E-state index contributed by atoms with van der Waals surface area (Å²) >= 11 is 0. The van der Waals surface area contributed by atoms with Crippen molar-refractivity contribution >= 4 is 11.6 Å². The minimum atomic E-state index is -2.54. The highest BCUT2D eigenvalue weighted by Crippen LogP contribution is 2.26. The highest BCUT2D eigenvalue weighted by molar-refractivity contribution is 5.93. The number of hydrogen-bond donors (Lipinski definition) is 2. The molecule has 1 aliphatic rings. The lowest BCUT2D eigenvalue weighted by Crippen LogP contribution is -2.26. The lowest BCUT2D eigenvalue weighted by molar-refractivity contribution is 0.0796. The SMILES string of the molecule is C[C@H](NC(=O)c1cn[nH]c1)c1ccc(O[C@@H]2CCN(c3ccnc(OCC(F)F)c3)C2)cc1. The molecule has 174 valence electrons. The van der Waals surface area contributed by atoms with Gasteiger partial charge in [-0.05, 0) is 30.7 Å². The number of carbonyl (C=O) groups is 1. The molecule has 3 aromatic rings. The number of ether oxygens (including phenoxy) is 2. The Morgan fingerprint density at radius 2 is 2.12 bits per heavy atom. The minimum Gasteiger partial charge on any atom is -0.489 e. The normalized spacial score (nSPS) is 16.6. The third-order valence-corrected chi connectivity index (χ3v) is 5.38. The zero-order valence-corrected chi connectivity index (χ0v) is 18.1. The number of H-pyrrole nitrogens is 1. The summed E-state index contributed by atoms with van der Waals surface area (Å²) in [5.41, 5.74) is 2.30. The Bertz CT molecular complexity index is 1050. The third-order valence-electron chi connectivity index (χ3n) is 5.38. The maximum atomic E-state index is 12.4. The topological polar surface area (TPSA) is 92.4 Å². The van der Waals surface area contributed by atoms with Crippen LogP contribution in [0, 0.1) is 0 Å². The predicted octanol–water partition coefficient (Wildman–Crippen LogP) is 3.60. The van der Waals surface area contributed by atoms with Crippen LogP contribution >= 0.6 is 0 Å². The minimum absolute atomic E-state index is 0.00679. The molecule has 4 rings (SSSR count). The van der Waals surface area contributed by atoms with E-state index in [9.17, 15) is 13.6 Å². The number of anilines is 1. The van der Waals surface area contributed by atoms with Crippen LogP contribution < -0.4 is 19.7 Å². The van der Waals surface area contributed by atoms with Crippen LogP contribution in [0.4, 0.5) is 14.5 Å². The van der Waals surface area contributed by atoms with Gasteiger partial charge in [-0.1, -0.05) is 12.1 Å². The van der Waals surface area contributed by atoms with Gasteiger partial charge in [0.05, 0.1) is 24.3 Å². The number of benzene rings is 1. The maximum absolute atomic E-state index is 12.4. The number of carbonyl (C=O) groups excluding carboxylic acids is 1. The molecule has 1 fully saturated rings. The van der Waals surface area contributed by atoms with E-state index in [1.54, 1.807) is 18.5 Å². The fraction of sp³-hybridized carbons (Fsp3) is 0.348. The van der Waals surface area contributed by atoms with Crippen molar-refractivity contribution in [2.45, 2.75) is 31.9 Å². The summed E-state index contributed by atoms with van der Waals surface area (Å²) < 4.78 is 35.9. The first-order chi connectivity index (χ1) is 16.0. The molecule has 0 bridgehead atoms. The molecule has 3 heterocycles. The molecular weight excluding hydrogens is 432 g/mol. The molecular formula is C23H25F2N5O3. The number of aromatic amines is 1. The zero-order valence-electron chi connectivity index (χ0n) is 18.1. The predicted molar refractivity (Wildman–Crippen MR) is 118 cm³/mol. The number of rotatable bonds is 9. The molecule has 8 nitrogen and oxygen atoms in total. The van der Waals surface area contributed by atoms with Gasteiger partial charge in [0.2, 0.25) is 5.88 Å². The van der Waals surface area contributed by atoms with Crippen molar-refractivity contribution in [3.8, 4) is 11.6 Å². The Balaban J connectivity index is 1.29. The van der Waals surface area contributed by atoms with Crippen molar-refractivity contribution in [2.24, 2.45) is 0 Å². The van der Waals surface area contributed by atoms with E-state index in [4.69, 9.17) is 9.47 Å². The lowest BCUT2D eigenvalue weighted by atomic mass is 10.1. The monoisotopic (exact) mass is 457 g/mol. The number of hydrogen-bond acceptors (Lipinski definition) is 6. The van der Waals surface area contributed by atoms with Crippen LogP contribution in [0.3, 0.4) is 0 Å². The van der Waals surface area contributed by atoms with E-state index in [-0.39, 0.29) is 23.9 Å². The first kappa shape index (κ1) is 22.5. The molecule has 1 aromatic carbocycles. The van der Waals surface area contributed by atoms with E-state index in [0.717, 1.165) is 30.0 Å². The van der Waals surface area contributed by atoms with Crippen LogP contribution in [0.5, 0.6) is 11.6 Å². The van der Waals surface area contributed by atoms with Crippen LogP contribution in [0.1, 0.15) is 35.3 Å². The molecule has 2 atom stereocenters. The molecule has 2 N–H and O–H groups in total. The number of pyridine rings is 1. The molecule has 0 saturated carbocycles. The summed E-state index contributed by atoms with van der Waals surface area (Å²) in [6.45, 7) is 2.68. The number of nitrogens with zero attached hydrogens (tertiary/aromatic N) is 3. The van der Waals surface area contributed by atoms with E-state index in [1.807, 2.05) is 37.3 Å². The van der Waals surface area contributed by atoms with Gasteiger partial charge in [0, 0.05) is 37.1 Å². The van der Waals surface area contributed by atoms with Gasteiger partial charge in [-0.2, -0.15) is 5.10 Å². The van der Waals surface area contributed by atoms with Crippen molar-refractivity contribution in [3.63, 3.8) is 0 Å². The van der Waals surface area contributed by atoms with Crippen LogP contribution in [0.2, 0.25) is 0 Å². The van der Waals surface area contributed by atoms with Gasteiger partial charge in [0.15, 0.2) is 6.61 Å². The highest BCUT2D eigenvalue weighted by Gasteiger charge is 2.25. The number of amides is 1. The molecule has 33 heavy (non-hydrogen) atoms. The second kappa shape index (κ2) is 10.3. The van der Waals surface area contributed by atoms with E-state index in [1.165, 1.54) is 6.20 Å². The van der Waals surface area contributed by atoms with Gasteiger partial charge >= 0.3 is 0 Å². The van der Waals surface area contributed by atoms with E-state index >= 15 is 0 Å². The molecule has 0 aliphatic carbocycles. The number of aromatic nitrogens is 3. The van der Waals surface area contributed by atoms with Gasteiger partial charge in [-0.25, -0.2) is 13.8 Å². The van der Waals surface area contributed by atoms with E-state index in [0.29, 0.717) is 12.1 Å². The average molecular weight is 457 g/mol. The molecule has 1 aliphatic heterocycles. The Morgan fingerprint density at radius 3 is 2.85 bits per heavy atom. The molecule has 10 heteroatoms. The van der Waals surface area contributed by atoms with Crippen LogP contribution in [-0.2, 0) is 0 Å². The summed E-state index contributed by atoms with van der Waals surface area (Å²) in [5.74, 6) is 0.734. The molecule has 2 aromatic heterocycles. The van der Waals surface area contributed by atoms with Crippen LogP contribution in [-0.4, -0.2) is 53.3 Å². The second-order valence-electron chi connectivity index (χ2n) is 7.78. The largest absolute Gasteiger partial charge is 0.489 e. The maximum Gasteiger partial charge on any atom is 0.272 e. The van der Waals surface area contributed by atoms with Gasteiger partial charge in [0.1, 0.15) is 11.9 Å². The summed E-state index contributed by atoms with van der Waals surface area (Å²) in [4.78, 5) is 18.3. The first-order valence-electron chi connectivity index (χ1n) is 10.7. The summed E-state index contributed by atoms with van der Waals surface area (Å²) in [6, 6.07) is 11.0. The lowest BCUT2D eigenvalue weighted by Gasteiger charge is -2.20. The summed E-state index contributed by atoms with van der Waals surface area (Å²) in [7, 11) is 0. The average Bonchev–Trinajstić information content (AvgIpc) is 3.51. The van der Waals surface area contributed by atoms with Crippen molar-refractivity contribution in [2.75, 3.05) is 24.6 Å². The molecule has 1 saturated heterocycles. The van der Waals surface area contributed by atoms with Crippen molar-refractivity contribution in [1.82, 2.24) is 20.5 Å². The van der Waals surface area contributed by atoms with Crippen molar-refractivity contribution < 1.29 is 23.0 Å².